The molecule has 19 heavy (non-hydrogen) atoms. The number of methoxy groups -OCH3 is 1. The minimum Gasteiger partial charge on any atom is -0.493 e. The fourth-order valence-corrected chi connectivity index (χ4v) is 2.60. The van der Waals surface area contributed by atoms with E-state index in [-0.39, 0.29) is 5.91 Å². The molecule has 0 bridgehead atoms. The van der Waals surface area contributed by atoms with Gasteiger partial charge in [0.05, 0.1) is 26.0 Å². The average Bonchev–Trinajstić information content (AvgIpc) is 3.28. The van der Waals surface area contributed by atoms with Crippen LogP contribution in [0.2, 0.25) is 0 Å². The number of carbonyl (C=O) groups is 1. The number of aromatic nitrogens is 2. The first-order valence-electron chi connectivity index (χ1n) is 6.78. The van der Waals surface area contributed by atoms with Crippen LogP contribution in [0.15, 0.2) is 12.4 Å². The van der Waals surface area contributed by atoms with E-state index in [0.29, 0.717) is 24.3 Å². The molecule has 1 atom stereocenters. The van der Waals surface area contributed by atoms with Crippen LogP contribution in [0.5, 0.6) is 5.75 Å². The van der Waals surface area contributed by atoms with Gasteiger partial charge in [0.15, 0.2) is 5.75 Å². The maximum Gasteiger partial charge on any atom is 0.239 e. The van der Waals surface area contributed by atoms with Gasteiger partial charge in [-0.1, -0.05) is 0 Å². The molecule has 1 amide bonds. The summed E-state index contributed by atoms with van der Waals surface area (Å²) in [7, 11) is 1.60. The zero-order chi connectivity index (χ0) is 13.5. The van der Waals surface area contributed by atoms with Gasteiger partial charge in [0, 0.05) is 6.04 Å². The standard InChI is InChI=1S/C13H20N4O2/c1-19-11-6-15-17(7-11)8-13(12(14)18,9-2-3-9)16-10-4-5-10/h6-7,9-10,16H,2-5,8H2,1H3,(H2,14,18). The Morgan fingerprint density at radius 1 is 1.58 bits per heavy atom. The molecule has 1 aromatic rings. The highest BCUT2D eigenvalue weighted by atomic mass is 16.5. The molecule has 0 aliphatic heterocycles. The molecule has 0 saturated heterocycles. The third kappa shape index (κ3) is 2.45. The highest BCUT2D eigenvalue weighted by molar-refractivity contribution is 5.85. The lowest BCUT2D eigenvalue weighted by molar-refractivity contribution is -0.126. The van der Waals surface area contributed by atoms with Gasteiger partial charge in [-0.2, -0.15) is 5.10 Å². The van der Waals surface area contributed by atoms with Crippen LogP contribution in [0.1, 0.15) is 25.7 Å². The van der Waals surface area contributed by atoms with Gasteiger partial charge >= 0.3 is 0 Å². The van der Waals surface area contributed by atoms with Crippen molar-refractivity contribution in [2.24, 2.45) is 11.7 Å². The second kappa shape index (κ2) is 4.52. The zero-order valence-corrected chi connectivity index (χ0v) is 11.1. The summed E-state index contributed by atoms with van der Waals surface area (Å²) in [6, 6.07) is 0.436. The first kappa shape index (κ1) is 12.5. The molecule has 2 fully saturated rings. The molecule has 1 heterocycles. The Morgan fingerprint density at radius 2 is 2.32 bits per heavy atom. The number of nitrogens with two attached hydrogens (primary N) is 1. The predicted molar refractivity (Wildman–Crippen MR) is 69.6 cm³/mol. The molecule has 0 aromatic carbocycles. The monoisotopic (exact) mass is 264 g/mol. The summed E-state index contributed by atoms with van der Waals surface area (Å²) < 4.78 is 6.87. The second-order valence-electron chi connectivity index (χ2n) is 5.61. The summed E-state index contributed by atoms with van der Waals surface area (Å²) in [5.41, 5.74) is 5.05. The lowest BCUT2D eigenvalue weighted by atomic mass is 9.91. The van der Waals surface area contributed by atoms with Crippen molar-refractivity contribution < 1.29 is 9.53 Å². The number of nitrogens with one attached hydrogen (secondary N) is 1. The van der Waals surface area contributed by atoms with Gasteiger partial charge in [-0.15, -0.1) is 0 Å². The van der Waals surface area contributed by atoms with Gasteiger partial charge in [0.2, 0.25) is 5.91 Å². The summed E-state index contributed by atoms with van der Waals surface area (Å²) >= 11 is 0. The van der Waals surface area contributed by atoms with Crippen LogP contribution in [0, 0.1) is 5.92 Å². The van der Waals surface area contributed by atoms with E-state index in [1.165, 1.54) is 0 Å². The van der Waals surface area contributed by atoms with Gasteiger partial charge in [-0.3, -0.25) is 14.8 Å². The minimum absolute atomic E-state index is 0.267. The van der Waals surface area contributed by atoms with Crippen molar-refractivity contribution in [1.29, 1.82) is 0 Å². The van der Waals surface area contributed by atoms with Crippen LogP contribution < -0.4 is 15.8 Å². The van der Waals surface area contributed by atoms with E-state index in [4.69, 9.17) is 10.5 Å². The van der Waals surface area contributed by atoms with Crippen LogP contribution >= 0.6 is 0 Å². The molecular formula is C13H20N4O2. The Balaban J connectivity index is 1.82. The van der Waals surface area contributed by atoms with Gasteiger partial charge in [-0.05, 0) is 31.6 Å². The van der Waals surface area contributed by atoms with E-state index >= 15 is 0 Å². The molecule has 1 unspecified atom stereocenters. The fourth-order valence-electron chi connectivity index (χ4n) is 2.60. The third-order valence-electron chi connectivity index (χ3n) is 4.01. The first-order valence-corrected chi connectivity index (χ1v) is 6.78. The number of primary amides is 1. The van der Waals surface area contributed by atoms with Crippen molar-refractivity contribution >= 4 is 5.91 Å². The molecule has 6 heteroatoms. The molecule has 0 radical (unpaired) electrons. The van der Waals surface area contributed by atoms with E-state index in [1.807, 2.05) is 0 Å². The SMILES string of the molecule is COc1cnn(CC(NC2CC2)(C(N)=O)C2CC2)c1. The van der Waals surface area contributed by atoms with Crippen molar-refractivity contribution in [1.82, 2.24) is 15.1 Å². The molecule has 104 valence electrons. The highest BCUT2D eigenvalue weighted by Gasteiger charge is 2.52. The molecule has 3 rings (SSSR count). The quantitative estimate of drug-likeness (QED) is 0.741. The molecule has 3 N–H and O–H groups in total. The van der Waals surface area contributed by atoms with E-state index in [0.717, 1.165) is 25.7 Å². The third-order valence-corrected chi connectivity index (χ3v) is 4.01. The van der Waals surface area contributed by atoms with Crippen LogP contribution in [0.4, 0.5) is 0 Å². The van der Waals surface area contributed by atoms with Crippen molar-refractivity contribution in [2.75, 3.05) is 7.11 Å². The molecule has 6 nitrogen and oxygen atoms in total. The molecule has 2 aliphatic carbocycles. The molecule has 0 spiro atoms. The maximum atomic E-state index is 12.0. The van der Waals surface area contributed by atoms with E-state index < -0.39 is 5.54 Å². The lowest BCUT2D eigenvalue weighted by Crippen LogP contribution is -2.60. The van der Waals surface area contributed by atoms with Crippen LogP contribution in [0.3, 0.4) is 0 Å². The van der Waals surface area contributed by atoms with E-state index in [2.05, 4.69) is 10.4 Å². The number of nitrogens with zero attached hydrogens (tertiary/aromatic N) is 2. The number of ether oxygens (including phenoxy) is 1. The Kier molecular flexibility index (Phi) is 2.97. The fraction of sp³-hybridized carbons (Fsp3) is 0.692. The molecule has 2 saturated carbocycles. The minimum atomic E-state index is -0.655. The van der Waals surface area contributed by atoms with Crippen LogP contribution in [-0.2, 0) is 11.3 Å². The highest BCUT2D eigenvalue weighted by Crippen LogP contribution is 2.42. The zero-order valence-electron chi connectivity index (χ0n) is 11.1. The van der Waals surface area contributed by atoms with Crippen molar-refractivity contribution in [3.05, 3.63) is 12.4 Å². The topological polar surface area (TPSA) is 82.2 Å². The Morgan fingerprint density at radius 3 is 2.79 bits per heavy atom. The number of amides is 1. The van der Waals surface area contributed by atoms with E-state index in [9.17, 15) is 4.79 Å². The first-order chi connectivity index (χ1) is 9.14. The summed E-state index contributed by atoms with van der Waals surface area (Å²) in [5.74, 6) is 0.762. The molecule has 1 aromatic heterocycles. The van der Waals surface area contributed by atoms with Gasteiger partial charge in [0.1, 0.15) is 5.54 Å². The van der Waals surface area contributed by atoms with Crippen molar-refractivity contribution in [3.8, 4) is 5.75 Å². The van der Waals surface area contributed by atoms with Gasteiger partial charge in [0.25, 0.3) is 0 Å². The largest absolute Gasteiger partial charge is 0.493 e. The molecular weight excluding hydrogens is 244 g/mol. The van der Waals surface area contributed by atoms with Crippen molar-refractivity contribution in [3.63, 3.8) is 0 Å². The number of carbonyl (C=O) groups excluding carboxylic acids is 1. The smallest absolute Gasteiger partial charge is 0.239 e. The normalized spacial score (nSPS) is 21.9. The Bertz CT molecular complexity index is 479. The Hall–Kier alpha value is -1.56. The van der Waals surface area contributed by atoms with Gasteiger partial charge in [-0.25, -0.2) is 0 Å². The Labute approximate surface area is 112 Å². The number of rotatable bonds is 7. The predicted octanol–water partition coefficient (Wildman–Crippen LogP) is 0.278. The average molecular weight is 264 g/mol. The summed E-state index contributed by atoms with van der Waals surface area (Å²) in [5, 5.41) is 7.70. The second-order valence-corrected chi connectivity index (χ2v) is 5.61. The number of hydrogen-bond donors (Lipinski definition) is 2. The lowest BCUT2D eigenvalue weighted by Gasteiger charge is -2.32. The van der Waals surface area contributed by atoms with Crippen molar-refractivity contribution in [2.45, 2.75) is 43.8 Å². The number of hydrogen-bond acceptors (Lipinski definition) is 4. The van der Waals surface area contributed by atoms with Crippen LogP contribution in [-0.4, -0.2) is 34.4 Å². The maximum absolute atomic E-state index is 12.0. The summed E-state index contributed by atoms with van der Waals surface area (Å²) in [6.07, 6.45) is 7.82. The molecule has 2 aliphatic rings. The van der Waals surface area contributed by atoms with E-state index in [1.54, 1.807) is 24.2 Å². The van der Waals surface area contributed by atoms with Crippen LogP contribution in [0.25, 0.3) is 0 Å². The summed E-state index contributed by atoms with van der Waals surface area (Å²) in [6.45, 7) is 0.479. The van der Waals surface area contributed by atoms with Gasteiger partial charge < -0.3 is 10.5 Å². The summed E-state index contributed by atoms with van der Waals surface area (Å²) in [4.78, 5) is 12.0.